The van der Waals surface area contributed by atoms with Crippen LogP contribution in [0.5, 0.6) is 0 Å². The smallest absolute Gasteiger partial charge is 0.136 e. The third-order valence-corrected chi connectivity index (χ3v) is 10.9. The van der Waals surface area contributed by atoms with Gasteiger partial charge in [0.05, 0.1) is 39.8 Å². The summed E-state index contributed by atoms with van der Waals surface area (Å²) in [7, 11) is 0. The van der Waals surface area contributed by atoms with Crippen molar-refractivity contribution in [3.8, 4) is 16.8 Å². The van der Waals surface area contributed by atoms with Crippen molar-refractivity contribution in [1.82, 2.24) is 8.97 Å². The summed E-state index contributed by atoms with van der Waals surface area (Å²) in [6, 6.07) is 44.3. The maximum absolute atomic E-state index is 6.42. The number of benzene rings is 6. The van der Waals surface area contributed by atoms with E-state index in [2.05, 4.69) is 159 Å². The maximum atomic E-state index is 6.42. The molecule has 10 aromatic rings. The van der Waals surface area contributed by atoms with Gasteiger partial charge in [0.15, 0.2) is 0 Å². The molecule has 0 saturated carbocycles. The number of aromatic nitrogens is 2. The molecular weight excluding hydrogens is 601 g/mol. The van der Waals surface area contributed by atoms with E-state index in [1.807, 2.05) is 6.07 Å². The van der Waals surface area contributed by atoms with Crippen LogP contribution in [-0.2, 0) is 0 Å². The lowest BCUT2D eigenvalue weighted by Crippen LogP contribution is -2.41. The van der Waals surface area contributed by atoms with E-state index >= 15 is 0 Å². The van der Waals surface area contributed by atoms with Crippen LogP contribution in [0.25, 0.3) is 87.8 Å². The molecule has 6 aromatic carbocycles. The second-order valence-electron chi connectivity index (χ2n) is 13.4. The van der Waals surface area contributed by atoms with E-state index in [4.69, 9.17) is 4.42 Å². The van der Waals surface area contributed by atoms with Gasteiger partial charge in [0.25, 0.3) is 0 Å². The molecule has 0 bridgehead atoms. The molecule has 1 aliphatic carbocycles. The monoisotopic (exact) mass is 628 g/mol. The molecule has 4 aromatic heterocycles. The molecule has 5 nitrogen and oxygen atoms in total. The van der Waals surface area contributed by atoms with E-state index in [0.29, 0.717) is 0 Å². The van der Waals surface area contributed by atoms with Gasteiger partial charge >= 0.3 is 0 Å². The van der Waals surface area contributed by atoms with E-state index in [-0.39, 0.29) is 12.1 Å². The summed E-state index contributed by atoms with van der Waals surface area (Å²) in [5.41, 5.74) is 11.4. The van der Waals surface area contributed by atoms with Crippen molar-refractivity contribution in [3.05, 3.63) is 146 Å². The minimum absolute atomic E-state index is 0.174. The van der Waals surface area contributed by atoms with Crippen LogP contribution in [0.15, 0.2) is 150 Å². The molecular formula is C44H28N4O. The van der Waals surface area contributed by atoms with Gasteiger partial charge in [-0.1, -0.05) is 85.0 Å². The molecule has 0 spiro atoms. The Balaban J connectivity index is 1.19. The average Bonchev–Trinajstić information content (AvgIpc) is 3.89. The maximum Gasteiger partial charge on any atom is 0.136 e. The number of para-hydroxylation sites is 3. The largest absolute Gasteiger partial charge is 0.456 e. The van der Waals surface area contributed by atoms with Crippen LogP contribution < -0.4 is 10.6 Å². The van der Waals surface area contributed by atoms with Crippen molar-refractivity contribution in [3.63, 3.8) is 0 Å². The molecule has 12 rings (SSSR count). The lowest BCUT2D eigenvalue weighted by molar-refractivity contribution is 0.669. The van der Waals surface area contributed by atoms with Crippen molar-refractivity contribution in [1.29, 1.82) is 0 Å². The van der Waals surface area contributed by atoms with E-state index in [1.54, 1.807) is 0 Å². The third-order valence-electron chi connectivity index (χ3n) is 10.9. The van der Waals surface area contributed by atoms with Crippen LogP contribution in [0.1, 0.15) is 0 Å². The van der Waals surface area contributed by atoms with Crippen LogP contribution in [0.4, 0.5) is 11.5 Å². The normalized spacial score (nSPS) is 17.1. The highest BCUT2D eigenvalue weighted by Crippen LogP contribution is 2.50. The van der Waals surface area contributed by atoms with Gasteiger partial charge < -0.3 is 19.6 Å². The lowest BCUT2D eigenvalue weighted by atomic mass is 9.96. The first-order valence-corrected chi connectivity index (χ1v) is 16.9. The number of nitrogens with zero attached hydrogens (tertiary/aromatic N) is 2. The highest BCUT2D eigenvalue weighted by Gasteiger charge is 2.32. The Bertz CT molecular complexity index is 3060. The predicted octanol–water partition coefficient (Wildman–Crippen LogP) is 11.0. The van der Waals surface area contributed by atoms with Crippen LogP contribution in [0, 0.1) is 0 Å². The zero-order chi connectivity index (χ0) is 31.8. The molecule has 5 heteroatoms. The van der Waals surface area contributed by atoms with Gasteiger partial charge in [-0.25, -0.2) is 0 Å². The second-order valence-corrected chi connectivity index (χ2v) is 13.4. The van der Waals surface area contributed by atoms with Gasteiger partial charge in [-0.05, 0) is 71.8 Å². The van der Waals surface area contributed by atoms with Gasteiger partial charge in [0.1, 0.15) is 17.0 Å². The average molecular weight is 629 g/mol. The lowest BCUT2D eigenvalue weighted by Gasteiger charge is -2.33. The van der Waals surface area contributed by atoms with E-state index < -0.39 is 0 Å². The number of anilines is 2. The van der Waals surface area contributed by atoms with E-state index in [9.17, 15) is 0 Å². The van der Waals surface area contributed by atoms with Gasteiger partial charge in [0, 0.05) is 43.4 Å². The third kappa shape index (κ3) is 3.29. The summed E-state index contributed by atoms with van der Waals surface area (Å²) < 4.78 is 11.2. The SMILES string of the molecule is C1=CC2Nc3c(n4c5ccc6oc7ccccc7c6c5c5cc(-c6ccc7c(c6)c6ccccc6n7-c6ccccc6)cc3c54)NC2C=C1. The van der Waals surface area contributed by atoms with Crippen molar-refractivity contribution in [2.45, 2.75) is 12.1 Å². The van der Waals surface area contributed by atoms with Gasteiger partial charge in [-0.2, -0.15) is 0 Å². The van der Waals surface area contributed by atoms with Crippen molar-refractivity contribution in [2.75, 3.05) is 10.6 Å². The summed E-state index contributed by atoms with van der Waals surface area (Å²) in [6.45, 7) is 0. The molecule has 2 atom stereocenters. The Morgan fingerprint density at radius 3 is 2.12 bits per heavy atom. The molecule has 2 unspecified atom stereocenters. The van der Waals surface area contributed by atoms with E-state index in [0.717, 1.165) is 28.1 Å². The number of rotatable bonds is 2. The van der Waals surface area contributed by atoms with Crippen molar-refractivity contribution < 1.29 is 4.42 Å². The molecule has 1 aliphatic heterocycles. The van der Waals surface area contributed by atoms with Crippen LogP contribution in [-0.4, -0.2) is 21.1 Å². The standard InChI is InChI=1S/C44H28N4O/c1-2-10-27(11-3-1)47-35-16-8-4-12-28(35)30-22-25(18-19-36(30)47)26-23-31-40-37(20-21-39-41(40)29-13-5-9-17-38(29)49-39)48-43(31)32(24-26)42-44(48)46-34-15-7-6-14-33(34)45-42/h1-24,33-34,45-46H. The van der Waals surface area contributed by atoms with E-state index in [1.165, 1.54) is 71.2 Å². The number of nitrogens with one attached hydrogen (secondary N) is 2. The second kappa shape index (κ2) is 9.12. The van der Waals surface area contributed by atoms with Gasteiger partial charge in [-0.3, -0.25) is 4.40 Å². The van der Waals surface area contributed by atoms with Gasteiger partial charge in [-0.15, -0.1) is 0 Å². The topological polar surface area (TPSA) is 46.5 Å². The first-order chi connectivity index (χ1) is 24.3. The molecule has 0 saturated heterocycles. The summed E-state index contributed by atoms with van der Waals surface area (Å²) >= 11 is 0. The van der Waals surface area contributed by atoms with Gasteiger partial charge in [0.2, 0.25) is 0 Å². The number of fused-ring (bicyclic) bond motifs is 14. The number of furan rings is 1. The number of hydrogen-bond acceptors (Lipinski definition) is 3. The fourth-order valence-corrected chi connectivity index (χ4v) is 8.78. The summed E-state index contributed by atoms with van der Waals surface area (Å²) in [5.74, 6) is 1.11. The first kappa shape index (κ1) is 25.6. The summed E-state index contributed by atoms with van der Waals surface area (Å²) in [6.07, 6.45) is 8.78. The summed E-state index contributed by atoms with van der Waals surface area (Å²) in [5, 5.41) is 16.4. The minimum atomic E-state index is 0.174. The molecule has 49 heavy (non-hydrogen) atoms. The Hall–Kier alpha value is -6.46. The quantitative estimate of drug-likeness (QED) is 0.200. The van der Waals surface area contributed by atoms with Crippen molar-refractivity contribution in [2.24, 2.45) is 0 Å². The Morgan fingerprint density at radius 1 is 0.510 bits per heavy atom. The highest BCUT2D eigenvalue weighted by molar-refractivity contribution is 6.31. The Kier molecular flexibility index (Phi) is 4.76. The minimum Gasteiger partial charge on any atom is -0.456 e. The molecule has 2 aliphatic rings. The predicted molar refractivity (Wildman–Crippen MR) is 204 cm³/mol. The highest BCUT2D eigenvalue weighted by atomic mass is 16.3. The molecule has 0 radical (unpaired) electrons. The zero-order valence-corrected chi connectivity index (χ0v) is 26.3. The summed E-state index contributed by atoms with van der Waals surface area (Å²) in [4.78, 5) is 0. The van der Waals surface area contributed by atoms with Crippen molar-refractivity contribution >= 4 is 82.4 Å². The number of hydrogen-bond donors (Lipinski definition) is 2. The molecule has 0 fully saturated rings. The first-order valence-electron chi connectivity index (χ1n) is 16.9. The fraction of sp³-hybridized carbons (Fsp3) is 0.0455. The van der Waals surface area contributed by atoms with Crippen LogP contribution in [0.3, 0.4) is 0 Å². The Labute approximate surface area is 280 Å². The fourth-order valence-electron chi connectivity index (χ4n) is 8.78. The Morgan fingerprint density at radius 2 is 1.22 bits per heavy atom. The van der Waals surface area contributed by atoms with Crippen LogP contribution in [0.2, 0.25) is 0 Å². The van der Waals surface area contributed by atoms with Crippen LogP contribution >= 0.6 is 0 Å². The molecule has 230 valence electrons. The zero-order valence-electron chi connectivity index (χ0n) is 26.3. The molecule has 5 heterocycles. The molecule has 2 N–H and O–H groups in total. The number of allylic oxidation sites excluding steroid dienone is 2. The molecule has 0 amide bonds.